The first kappa shape index (κ1) is 22.0. The van der Waals surface area contributed by atoms with Gasteiger partial charge in [0.15, 0.2) is 5.96 Å². The van der Waals surface area contributed by atoms with Crippen LogP contribution in [0.1, 0.15) is 53.4 Å². The molecule has 2 unspecified atom stereocenters. The van der Waals surface area contributed by atoms with Crippen LogP contribution in [0.5, 0.6) is 0 Å². The maximum Gasteiger partial charge on any atom is 0.193 e. The zero-order valence-electron chi connectivity index (χ0n) is 15.8. The van der Waals surface area contributed by atoms with Crippen molar-refractivity contribution in [2.24, 2.45) is 16.3 Å². The fourth-order valence-electron chi connectivity index (χ4n) is 3.69. The molecule has 24 heavy (non-hydrogen) atoms. The van der Waals surface area contributed by atoms with Crippen molar-refractivity contribution < 1.29 is 9.84 Å². The highest BCUT2D eigenvalue weighted by Gasteiger charge is 2.35. The zero-order chi connectivity index (χ0) is 16.9. The Balaban J connectivity index is 0.00000288. The molecule has 6 heteroatoms. The number of hydrogen-bond donors (Lipinski definition) is 2. The Bertz CT molecular complexity index is 390. The molecule has 0 aromatic heterocycles. The van der Waals surface area contributed by atoms with Gasteiger partial charge in [0.1, 0.15) is 0 Å². The summed E-state index contributed by atoms with van der Waals surface area (Å²) in [5, 5.41) is 13.1. The van der Waals surface area contributed by atoms with Crippen molar-refractivity contribution >= 4 is 29.9 Å². The lowest BCUT2D eigenvalue weighted by Gasteiger charge is -2.40. The van der Waals surface area contributed by atoms with Crippen LogP contribution < -0.4 is 5.32 Å². The summed E-state index contributed by atoms with van der Waals surface area (Å²) in [6.45, 7) is 13.2. The Morgan fingerprint density at radius 1 is 1.25 bits per heavy atom. The Labute approximate surface area is 164 Å². The molecule has 0 radical (unpaired) electrons. The first-order valence-electron chi connectivity index (χ1n) is 9.24. The SMILES string of the molecule is CCNC(=NCC1CCCOC1C(C)(C)C)N1CCC(O)CC1.I. The van der Waals surface area contributed by atoms with Gasteiger partial charge in [-0.1, -0.05) is 20.8 Å². The van der Waals surface area contributed by atoms with Gasteiger partial charge in [0.05, 0.1) is 12.2 Å². The lowest BCUT2D eigenvalue weighted by Crippen LogP contribution is -2.47. The summed E-state index contributed by atoms with van der Waals surface area (Å²) in [4.78, 5) is 7.20. The van der Waals surface area contributed by atoms with E-state index < -0.39 is 0 Å². The molecule has 2 saturated heterocycles. The number of nitrogens with one attached hydrogen (secondary N) is 1. The lowest BCUT2D eigenvalue weighted by atomic mass is 9.78. The second-order valence-electron chi connectivity index (χ2n) is 7.97. The molecule has 0 aliphatic carbocycles. The van der Waals surface area contributed by atoms with Crippen LogP contribution in [0.2, 0.25) is 0 Å². The molecular weight excluding hydrogens is 417 g/mol. The smallest absolute Gasteiger partial charge is 0.193 e. The van der Waals surface area contributed by atoms with E-state index in [9.17, 15) is 5.11 Å². The van der Waals surface area contributed by atoms with E-state index >= 15 is 0 Å². The highest BCUT2D eigenvalue weighted by atomic mass is 127. The average Bonchev–Trinajstić information content (AvgIpc) is 2.52. The van der Waals surface area contributed by atoms with E-state index in [0.29, 0.717) is 5.92 Å². The topological polar surface area (TPSA) is 57.1 Å². The Hall–Kier alpha value is -0.0800. The largest absolute Gasteiger partial charge is 0.393 e. The van der Waals surface area contributed by atoms with Gasteiger partial charge in [0.2, 0.25) is 0 Å². The molecule has 2 rings (SSSR count). The summed E-state index contributed by atoms with van der Waals surface area (Å²) in [6.07, 6.45) is 4.14. The summed E-state index contributed by atoms with van der Waals surface area (Å²) in [6, 6.07) is 0. The molecule has 0 aromatic rings. The number of rotatable bonds is 3. The molecule has 0 bridgehead atoms. The van der Waals surface area contributed by atoms with E-state index in [0.717, 1.165) is 58.0 Å². The van der Waals surface area contributed by atoms with E-state index in [2.05, 4.69) is 37.9 Å². The summed E-state index contributed by atoms with van der Waals surface area (Å²) < 4.78 is 6.07. The number of aliphatic hydroxyl groups is 1. The van der Waals surface area contributed by atoms with E-state index in [1.54, 1.807) is 0 Å². The molecule has 0 saturated carbocycles. The molecule has 2 fully saturated rings. The van der Waals surface area contributed by atoms with Crippen LogP contribution in [-0.4, -0.2) is 61.0 Å². The molecule has 2 atom stereocenters. The Kier molecular flexibility index (Phi) is 9.30. The van der Waals surface area contributed by atoms with Crippen LogP contribution in [0.3, 0.4) is 0 Å². The van der Waals surface area contributed by atoms with Crippen LogP contribution in [0.4, 0.5) is 0 Å². The summed E-state index contributed by atoms with van der Waals surface area (Å²) >= 11 is 0. The number of nitrogens with zero attached hydrogens (tertiary/aromatic N) is 2. The van der Waals surface area contributed by atoms with Crippen LogP contribution >= 0.6 is 24.0 Å². The summed E-state index contributed by atoms with van der Waals surface area (Å²) in [5.74, 6) is 1.49. The van der Waals surface area contributed by atoms with Crippen molar-refractivity contribution in [1.82, 2.24) is 10.2 Å². The van der Waals surface area contributed by atoms with E-state index in [4.69, 9.17) is 9.73 Å². The van der Waals surface area contributed by atoms with Crippen LogP contribution in [0, 0.1) is 11.3 Å². The minimum absolute atomic E-state index is 0. The Morgan fingerprint density at radius 3 is 2.50 bits per heavy atom. The highest BCUT2D eigenvalue weighted by Crippen LogP contribution is 2.34. The zero-order valence-corrected chi connectivity index (χ0v) is 18.1. The number of ether oxygens (including phenoxy) is 1. The van der Waals surface area contributed by atoms with Gasteiger partial charge in [0.25, 0.3) is 0 Å². The molecule has 142 valence electrons. The number of guanidine groups is 1. The van der Waals surface area contributed by atoms with Gasteiger partial charge in [-0.3, -0.25) is 4.99 Å². The lowest BCUT2D eigenvalue weighted by molar-refractivity contribution is -0.0824. The van der Waals surface area contributed by atoms with Crippen molar-refractivity contribution in [1.29, 1.82) is 0 Å². The molecule has 2 aliphatic heterocycles. The first-order chi connectivity index (χ1) is 10.9. The van der Waals surface area contributed by atoms with Gasteiger partial charge < -0.3 is 20.1 Å². The molecule has 5 nitrogen and oxygen atoms in total. The monoisotopic (exact) mass is 453 g/mol. The molecule has 0 spiro atoms. The highest BCUT2D eigenvalue weighted by molar-refractivity contribution is 14.0. The third-order valence-electron chi connectivity index (χ3n) is 4.87. The molecular formula is C18H36IN3O2. The van der Waals surface area contributed by atoms with E-state index in [-0.39, 0.29) is 41.6 Å². The molecule has 2 heterocycles. The van der Waals surface area contributed by atoms with Crippen LogP contribution in [0.25, 0.3) is 0 Å². The second kappa shape index (κ2) is 10.2. The van der Waals surface area contributed by atoms with Gasteiger partial charge in [-0.25, -0.2) is 0 Å². The van der Waals surface area contributed by atoms with Gasteiger partial charge in [-0.05, 0) is 38.0 Å². The van der Waals surface area contributed by atoms with Crippen molar-refractivity contribution in [3.05, 3.63) is 0 Å². The predicted molar refractivity (Wildman–Crippen MR) is 110 cm³/mol. The maximum absolute atomic E-state index is 9.69. The number of hydrogen-bond acceptors (Lipinski definition) is 3. The standard InChI is InChI=1S/C18H35N3O2.HI/c1-5-19-17(21-10-8-15(22)9-11-21)20-13-14-7-6-12-23-16(14)18(2,3)4;/h14-16,22H,5-13H2,1-4H3,(H,19,20);1H. The van der Waals surface area contributed by atoms with Crippen molar-refractivity contribution in [3.63, 3.8) is 0 Å². The summed E-state index contributed by atoms with van der Waals surface area (Å²) in [5.41, 5.74) is 0.161. The third kappa shape index (κ3) is 6.33. The van der Waals surface area contributed by atoms with Gasteiger partial charge in [-0.15, -0.1) is 24.0 Å². The molecule has 2 aliphatic rings. The summed E-state index contributed by atoms with van der Waals surface area (Å²) in [7, 11) is 0. The van der Waals surface area contributed by atoms with Gasteiger partial charge in [0, 0.05) is 38.7 Å². The minimum Gasteiger partial charge on any atom is -0.393 e. The fourth-order valence-corrected chi connectivity index (χ4v) is 3.69. The normalized spacial score (nSPS) is 26.9. The Morgan fingerprint density at radius 2 is 1.92 bits per heavy atom. The number of piperidine rings is 1. The minimum atomic E-state index is -0.147. The van der Waals surface area contributed by atoms with Crippen molar-refractivity contribution in [2.75, 3.05) is 32.8 Å². The molecule has 0 aromatic carbocycles. The fraction of sp³-hybridized carbons (Fsp3) is 0.944. The maximum atomic E-state index is 9.69. The molecule has 0 amide bonds. The third-order valence-corrected chi connectivity index (χ3v) is 4.87. The van der Waals surface area contributed by atoms with Gasteiger partial charge in [-0.2, -0.15) is 0 Å². The second-order valence-corrected chi connectivity index (χ2v) is 7.97. The van der Waals surface area contributed by atoms with Gasteiger partial charge >= 0.3 is 0 Å². The number of aliphatic hydroxyl groups excluding tert-OH is 1. The molecule has 2 N–H and O–H groups in total. The average molecular weight is 453 g/mol. The quantitative estimate of drug-likeness (QED) is 0.392. The van der Waals surface area contributed by atoms with E-state index in [1.807, 2.05) is 0 Å². The number of likely N-dealkylation sites (tertiary alicyclic amines) is 1. The van der Waals surface area contributed by atoms with Crippen LogP contribution in [-0.2, 0) is 4.74 Å². The number of aliphatic imine (C=N–C) groups is 1. The first-order valence-corrected chi connectivity index (χ1v) is 9.24. The van der Waals surface area contributed by atoms with E-state index in [1.165, 1.54) is 6.42 Å². The van der Waals surface area contributed by atoms with Crippen LogP contribution in [0.15, 0.2) is 4.99 Å². The number of halogens is 1. The van der Waals surface area contributed by atoms with Crippen molar-refractivity contribution in [2.45, 2.75) is 65.6 Å². The van der Waals surface area contributed by atoms with Crippen molar-refractivity contribution in [3.8, 4) is 0 Å². The predicted octanol–water partition coefficient (Wildman–Crippen LogP) is 2.87.